The molecule has 0 bridgehead atoms. The predicted molar refractivity (Wildman–Crippen MR) is 121 cm³/mol. The molecule has 0 aliphatic carbocycles. The maximum Gasteiger partial charge on any atom is 0.404 e. The number of rotatable bonds is 12. The van der Waals surface area contributed by atoms with Crippen LogP contribution in [0.1, 0.15) is 48.2 Å². The van der Waals surface area contributed by atoms with Crippen LogP contribution in [0.4, 0.5) is 8.78 Å². The van der Waals surface area contributed by atoms with E-state index in [1.54, 1.807) is 0 Å². The summed E-state index contributed by atoms with van der Waals surface area (Å²) in [5.41, 5.74) is -2.97. The van der Waals surface area contributed by atoms with Crippen LogP contribution in [0.25, 0.3) is 0 Å². The normalized spacial score (nSPS) is 12.0. The van der Waals surface area contributed by atoms with Crippen LogP contribution < -0.4 is 5.32 Å². The average Bonchev–Trinajstić information content (AvgIpc) is 2.74. The van der Waals surface area contributed by atoms with Gasteiger partial charge in [0.05, 0.1) is 13.2 Å². The van der Waals surface area contributed by atoms with Gasteiger partial charge in [-0.05, 0) is 50.8 Å². The molecule has 5 nitrogen and oxygen atoms in total. The lowest BCUT2D eigenvalue weighted by Crippen LogP contribution is -2.25. The van der Waals surface area contributed by atoms with Crippen molar-refractivity contribution >= 4 is 29.4 Å². The minimum absolute atomic E-state index is 0.0474. The number of nitrogens with one attached hydrogen (secondary N) is 1. The van der Waals surface area contributed by atoms with Crippen LogP contribution in [0.15, 0.2) is 53.0 Å². The third-order valence-corrected chi connectivity index (χ3v) is 7.30. The maximum absolute atomic E-state index is 15.0. The van der Waals surface area contributed by atoms with Crippen molar-refractivity contribution in [2.75, 3.05) is 19.8 Å². The Morgan fingerprint density at radius 3 is 2.29 bits per heavy atom. The van der Waals surface area contributed by atoms with Gasteiger partial charge in [-0.3, -0.25) is 9.36 Å². The first-order valence-electron chi connectivity index (χ1n) is 10.1. The van der Waals surface area contributed by atoms with Crippen LogP contribution in [-0.4, -0.2) is 25.7 Å². The van der Waals surface area contributed by atoms with Gasteiger partial charge in [0.1, 0.15) is 0 Å². The maximum atomic E-state index is 15.0. The van der Waals surface area contributed by atoms with Crippen molar-refractivity contribution in [1.29, 1.82) is 0 Å². The van der Waals surface area contributed by atoms with Gasteiger partial charge in [-0.2, -0.15) is 8.78 Å². The summed E-state index contributed by atoms with van der Waals surface area (Å²) in [5, 5.41) is 2.79. The van der Waals surface area contributed by atoms with Crippen molar-refractivity contribution in [3.63, 3.8) is 0 Å². The second-order valence-corrected chi connectivity index (χ2v) is 9.69. The number of aryl methyl sites for hydroxylation is 1. The van der Waals surface area contributed by atoms with Crippen LogP contribution in [-0.2, 0) is 25.7 Å². The zero-order chi connectivity index (χ0) is 22.9. The molecule has 0 heterocycles. The van der Waals surface area contributed by atoms with Crippen LogP contribution in [0, 0.1) is 0 Å². The molecule has 170 valence electrons. The van der Waals surface area contributed by atoms with Crippen LogP contribution in [0.3, 0.4) is 0 Å². The smallest absolute Gasteiger partial charge is 0.352 e. The molecule has 0 aromatic heterocycles. The van der Waals surface area contributed by atoms with Gasteiger partial charge in [-0.25, -0.2) is 0 Å². The molecule has 1 amide bonds. The molecule has 0 atom stereocenters. The van der Waals surface area contributed by atoms with Crippen molar-refractivity contribution in [3.8, 4) is 0 Å². The standard InChI is InChI=1S/C22H27BrF2NO4P/c1-3-29-31(28,30-4-2)22(24,25)19-14-13-18(16-20(19)23)21(27)26-15-9-8-12-17-10-6-5-7-11-17/h5-7,10-11,13-14,16H,3-4,8-9,12,15H2,1-2H3,(H,26,27). The highest BCUT2D eigenvalue weighted by atomic mass is 79.9. The number of carbonyl (C=O) groups is 1. The molecular formula is C22H27BrF2NO4P. The van der Waals surface area contributed by atoms with Crippen molar-refractivity contribution in [2.24, 2.45) is 0 Å². The first-order valence-corrected chi connectivity index (χ1v) is 12.5. The molecule has 0 aliphatic heterocycles. The van der Waals surface area contributed by atoms with E-state index < -0.39 is 18.8 Å². The third-order valence-electron chi connectivity index (χ3n) is 4.52. The topological polar surface area (TPSA) is 64.6 Å². The van der Waals surface area contributed by atoms with Gasteiger partial charge in [-0.1, -0.05) is 52.3 Å². The van der Waals surface area contributed by atoms with E-state index in [0.717, 1.165) is 25.3 Å². The number of halogens is 3. The summed E-state index contributed by atoms with van der Waals surface area (Å²) >= 11 is 3.07. The van der Waals surface area contributed by atoms with Gasteiger partial charge in [0, 0.05) is 22.1 Å². The van der Waals surface area contributed by atoms with Gasteiger partial charge >= 0.3 is 13.3 Å². The highest BCUT2D eigenvalue weighted by Gasteiger charge is 2.55. The Bertz CT molecular complexity index is 902. The Balaban J connectivity index is 1.99. The minimum Gasteiger partial charge on any atom is -0.352 e. The zero-order valence-corrected chi connectivity index (χ0v) is 20.1. The van der Waals surface area contributed by atoms with E-state index >= 15 is 0 Å². The van der Waals surface area contributed by atoms with E-state index in [9.17, 15) is 18.1 Å². The highest BCUT2D eigenvalue weighted by molar-refractivity contribution is 9.10. The van der Waals surface area contributed by atoms with E-state index in [-0.39, 0.29) is 29.2 Å². The molecule has 1 N–H and O–H groups in total. The first-order chi connectivity index (χ1) is 14.7. The molecular weight excluding hydrogens is 491 g/mol. The fraction of sp³-hybridized carbons (Fsp3) is 0.409. The molecule has 2 aromatic carbocycles. The van der Waals surface area contributed by atoms with Crippen molar-refractivity contribution < 1.29 is 27.2 Å². The second kappa shape index (κ2) is 11.9. The molecule has 0 spiro atoms. The average molecular weight is 518 g/mol. The van der Waals surface area contributed by atoms with Crippen LogP contribution >= 0.6 is 23.5 Å². The second-order valence-electron chi connectivity index (χ2n) is 6.77. The number of carbonyl (C=O) groups excluding carboxylic acids is 1. The molecule has 9 heteroatoms. The van der Waals surface area contributed by atoms with E-state index in [0.29, 0.717) is 6.54 Å². The molecule has 2 aromatic rings. The molecule has 0 unspecified atom stereocenters. The summed E-state index contributed by atoms with van der Waals surface area (Å²) in [6, 6.07) is 13.7. The Labute approximate surface area is 190 Å². The van der Waals surface area contributed by atoms with Gasteiger partial charge in [-0.15, -0.1) is 0 Å². The summed E-state index contributed by atoms with van der Waals surface area (Å²) in [7, 11) is -4.72. The molecule has 0 fully saturated rings. The number of amides is 1. The summed E-state index contributed by atoms with van der Waals surface area (Å²) in [6.45, 7) is 3.03. The molecule has 0 aliphatic rings. The molecule has 0 saturated carbocycles. The van der Waals surface area contributed by atoms with Crippen molar-refractivity contribution in [2.45, 2.75) is 38.8 Å². The summed E-state index contributed by atoms with van der Waals surface area (Å²) in [6.07, 6.45) is 2.64. The van der Waals surface area contributed by atoms with E-state index in [1.165, 1.54) is 31.5 Å². The largest absolute Gasteiger partial charge is 0.404 e. The monoisotopic (exact) mass is 517 g/mol. The third kappa shape index (κ3) is 6.69. The zero-order valence-electron chi connectivity index (χ0n) is 17.6. The number of alkyl halides is 2. The lowest BCUT2D eigenvalue weighted by molar-refractivity contribution is 0.0354. The first kappa shape index (κ1) is 25.7. The van der Waals surface area contributed by atoms with Gasteiger partial charge in [0.2, 0.25) is 0 Å². The van der Waals surface area contributed by atoms with Crippen LogP contribution in [0.5, 0.6) is 0 Å². The molecule has 0 radical (unpaired) electrons. The highest BCUT2D eigenvalue weighted by Crippen LogP contribution is 2.67. The van der Waals surface area contributed by atoms with Gasteiger partial charge < -0.3 is 14.4 Å². The van der Waals surface area contributed by atoms with Crippen molar-refractivity contribution in [1.82, 2.24) is 5.32 Å². The Morgan fingerprint density at radius 1 is 1.06 bits per heavy atom. The number of hydrogen-bond donors (Lipinski definition) is 1. The van der Waals surface area contributed by atoms with E-state index in [4.69, 9.17) is 9.05 Å². The van der Waals surface area contributed by atoms with Crippen LogP contribution in [0.2, 0.25) is 0 Å². The fourth-order valence-electron chi connectivity index (χ4n) is 2.99. The van der Waals surface area contributed by atoms with E-state index in [1.807, 2.05) is 18.2 Å². The Kier molecular flexibility index (Phi) is 9.82. The minimum atomic E-state index is -4.72. The molecule has 0 saturated heterocycles. The molecule has 2 rings (SSSR count). The Morgan fingerprint density at radius 2 is 1.71 bits per heavy atom. The van der Waals surface area contributed by atoms with Gasteiger partial charge in [0.25, 0.3) is 5.91 Å². The summed E-state index contributed by atoms with van der Waals surface area (Å²) in [4.78, 5) is 12.4. The predicted octanol–water partition coefficient (Wildman–Crippen LogP) is 6.52. The number of benzene rings is 2. The van der Waals surface area contributed by atoms with Crippen molar-refractivity contribution in [3.05, 3.63) is 69.7 Å². The lowest BCUT2D eigenvalue weighted by atomic mass is 10.1. The number of unbranched alkanes of at least 4 members (excludes halogenated alkanes) is 1. The van der Waals surface area contributed by atoms with Gasteiger partial charge in [0.15, 0.2) is 0 Å². The lowest BCUT2D eigenvalue weighted by Gasteiger charge is -2.26. The SMILES string of the molecule is CCOP(=O)(OCC)C(F)(F)c1ccc(C(=O)NCCCCc2ccccc2)cc1Br. The Hall–Kier alpha value is -1.60. The summed E-state index contributed by atoms with van der Waals surface area (Å²) in [5.74, 6) is -0.368. The van der Waals surface area contributed by atoms with E-state index in [2.05, 4.69) is 33.4 Å². The fourth-order valence-corrected chi connectivity index (χ4v) is 5.34. The molecule has 31 heavy (non-hydrogen) atoms. The number of hydrogen-bond acceptors (Lipinski definition) is 4. The summed E-state index contributed by atoms with van der Waals surface area (Å²) < 4.78 is 52.1. The quantitative estimate of drug-likeness (QED) is 0.257.